The van der Waals surface area contributed by atoms with Gasteiger partial charge in [-0.2, -0.15) is 0 Å². The van der Waals surface area contributed by atoms with E-state index in [1.165, 1.54) is 6.92 Å². The van der Waals surface area contributed by atoms with Gasteiger partial charge in [-0.1, -0.05) is 48.1 Å². The van der Waals surface area contributed by atoms with E-state index in [-0.39, 0.29) is 35.5 Å². The highest BCUT2D eigenvalue weighted by molar-refractivity contribution is 5.87. The maximum Gasteiger partial charge on any atom is 0.333 e. The minimum atomic E-state index is -0.952. The molecule has 2 N–H and O–H groups in total. The first-order valence-electron chi connectivity index (χ1n) is 7.93. The molecule has 0 bridgehead atoms. The molecule has 134 valence electrons. The molecule has 0 heterocycles. The highest BCUT2D eigenvalue weighted by Gasteiger charge is 2.52. The van der Waals surface area contributed by atoms with Crippen molar-refractivity contribution in [1.29, 1.82) is 0 Å². The van der Waals surface area contributed by atoms with Crippen molar-refractivity contribution in [2.24, 2.45) is 16.2 Å². The molecule has 5 heteroatoms. The van der Waals surface area contributed by atoms with Crippen LogP contribution >= 0.6 is 0 Å². The Hall–Kier alpha value is -1.36. The number of aliphatic hydroxyl groups excluding tert-OH is 1. The fourth-order valence-corrected chi connectivity index (χ4v) is 2.55. The number of nitrogens with one attached hydrogen (secondary N) is 1. The van der Waals surface area contributed by atoms with Crippen molar-refractivity contribution in [3.63, 3.8) is 0 Å². The zero-order valence-electron chi connectivity index (χ0n) is 15.9. The first kappa shape index (κ1) is 21.6. The SMILES string of the molecule is C=C(C)C(=O)OCC(O)CNC(=O)C(C)(C(C)(C)C)C(C)(C)C. The first-order chi connectivity index (χ1) is 10.1. The van der Waals surface area contributed by atoms with Gasteiger partial charge in [-0.05, 0) is 24.7 Å². The number of carbonyl (C=O) groups is 2. The lowest BCUT2D eigenvalue weighted by atomic mass is 9.54. The summed E-state index contributed by atoms with van der Waals surface area (Å²) in [6.07, 6.45) is -0.952. The normalized spacial score (nSPS) is 14.1. The van der Waals surface area contributed by atoms with Crippen LogP contribution in [0.15, 0.2) is 12.2 Å². The number of hydrogen-bond acceptors (Lipinski definition) is 4. The molecule has 0 aliphatic heterocycles. The Morgan fingerprint density at radius 3 is 1.87 bits per heavy atom. The Balaban J connectivity index is 4.80. The number of carbonyl (C=O) groups excluding carboxylic acids is 2. The molecule has 0 aliphatic rings. The van der Waals surface area contributed by atoms with E-state index in [0.29, 0.717) is 0 Å². The van der Waals surface area contributed by atoms with Gasteiger partial charge in [0.25, 0.3) is 0 Å². The van der Waals surface area contributed by atoms with Crippen molar-refractivity contribution in [3.8, 4) is 0 Å². The van der Waals surface area contributed by atoms with Crippen molar-refractivity contribution in [2.75, 3.05) is 13.2 Å². The molecule has 1 atom stereocenters. The number of amides is 1. The fourth-order valence-electron chi connectivity index (χ4n) is 2.55. The Kier molecular flexibility index (Phi) is 7.03. The van der Waals surface area contributed by atoms with E-state index in [1.54, 1.807) is 0 Å². The Morgan fingerprint density at radius 2 is 1.52 bits per heavy atom. The molecule has 0 aromatic rings. The van der Waals surface area contributed by atoms with Crippen LogP contribution in [0.5, 0.6) is 0 Å². The van der Waals surface area contributed by atoms with Crippen LogP contribution in [0.4, 0.5) is 0 Å². The van der Waals surface area contributed by atoms with E-state index >= 15 is 0 Å². The summed E-state index contributed by atoms with van der Waals surface area (Å²) >= 11 is 0. The van der Waals surface area contributed by atoms with E-state index < -0.39 is 17.5 Å². The Morgan fingerprint density at radius 1 is 1.09 bits per heavy atom. The molecule has 1 amide bonds. The van der Waals surface area contributed by atoms with Gasteiger partial charge in [-0.3, -0.25) is 4.79 Å². The summed E-state index contributed by atoms with van der Waals surface area (Å²) in [6.45, 7) is 19.0. The van der Waals surface area contributed by atoms with Gasteiger partial charge in [0.1, 0.15) is 12.7 Å². The first-order valence-corrected chi connectivity index (χ1v) is 7.93. The molecular formula is C18H33NO4. The van der Waals surface area contributed by atoms with Gasteiger partial charge in [0.15, 0.2) is 0 Å². The maximum atomic E-state index is 12.8. The summed E-state index contributed by atoms with van der Waals surface area (Å²) in [5.41, 5.74) is -0.873. The predicted molar refractivity (Wildman–Crippen MR) is 91.8 cm³/mol. The average Bonchev–Trinajstić information content (AvgIpc) is 2.38. The summed E-state index contributed by atoms with van der Waals surface area (Å²) in [6, 6.07) is 0. The third kappa shape index (κ3) is 5.34. The molecule has 23 heavy (non-hydrogen) atoms. The van der Waals surface area contributed by atoms with Gasteiger partial charge < -0.3 is 15.2 Å². The molecule has 5 nitrogen and oxygen atoms in total. The van der Waals surface area contributed by atoms with E-state index in [4.69, 9.17) is 4.74 Å². The van der Waals surface area contributed by atoms with Crippen LogP contribution in [-0.2, 0) is 14.3 Å². The molecule has 0 aromatic heterocycles. The van der Waals surface area contributed by atoms with Crippen molar-refractivity contribution in [3.05, 3.63) is 12.2 Å². The van der Waals surface area contributed by atoms with Gasteiger partial charge >= 0.3 is 5.97 Å². The third-order valence-electron chi connectivity index (χ3n) is 4.71. The van der Waals surface area contributed by atoms with Gasteiger partial charge in [0.05, 0.1) is 5.41 Å². The molecule has 0 fully saturated rings. The largest absolute Gasteiger partial charge is 0.460 e. The zero-order chi connectivity index (χ0) is 18.6. The lowest BCUT2D eigenvalue weighted by molar-refractivity contribution is -0.147. The smallest absolute Gasteiger partial charge is 0.333 e. The molecule has 0 radical (unpaired) electrons. The predicted octanol–water partition coefficient (Wildman–Crippen LogP) is 2.68. The summed E-state index contributed by atoms with van der Waals surface area (Å²) in [7, 11) is 0. The topological polar surface area (TPSA) is 75.6 Å². The van der Waals surface area contributed by atoms with E-state index in [1.807, 2.05) is 48.5 Å². The van der Waals surface area contributed by atoms with Crippen molar-refractivity contribution < 1.29 is 19.4 Å². The molecule has 0 saturated carbocycles. The molecule has 0 spiro atoms. The molecule has 0 aliphatic carbocycles. The summed E-state index contributed by atoms with van der Waals surface area (Å²) in [4.78, 5) is 24.1. The van der Waals surface area contributed by atoms with Gasteiger partial charge in [0.2, 0.25) is 5.91 Å². The summed E-state index contributed by atoms with van der Waals surface area (Å²) < 4.78 is 4.88. The molecule has 0 rings (SSSR count). The fraction of sp³-hybridized carbons (Fsp3) is 0.778. The molecule has 0 aromatic carbocycles. The molecule has 1 unspecified atom stereocenters. The molecular weight excluding hydrogens is 294 g/mol. The number of aliphatic hydroxyl groups is 1. The lowest BCUT2D eigenvalue weighted by Gasteiger charge is -2.49. The van der Waals surface area contributed by atoms with Gasteiger partial charge in [0, 0.05) is 12.1 Å². The standard InChI is InChI=1S/C18H33NO4/c1-12(2)14(21)23-11-13(20)10-19-15(22)18(9,16(3,4)5)17(6,7)8/h13,20H,1,10-11H2,2-9H3,(H,19,22). The van der Waals surface area contributed by atoms with Crippen LogP contribution in [-0.4, -0.2) is 36.2 Å². The lowest BCUT2D eigenvalue weighted by Crippen LogP contribution is -2.55. The summed E-state index contributed by atoms with van der Waals surface area (Å²) in [5, 5.41) is 12.7. The van der Waals surface area contributed by atoms with Crippen LogP contribution < -0.4 is 5.32 Å². The van der Waals surface area contributed by atoms with Crippen molar-refractivity contribution in [2.45, 2.75) is 61.5 Å². The van der Waals surface area contributed by atoms with Gasteiger partial charge in [-0.15, -0.1) is 0 Å². The van der Waals surface area contributed by atoms with Crippen LogP contribution in [0.25, 0.3) is 0 Å². The molecule has 0 saturated heterocycles. The second-order valence-electron chi connectivity index (χ2n) is 8.37. The van der Waals surface area contributed by atoms with E-state index in [9.17, 15) is 14.7 Å². The Bertz CT molecular complexity index is 441. The average molecular weight is 327 g/mol. The number of hydrogen-bond donors (Lipinski definition) is 2. The van der Waals surface area contributed by atoms with Crippen LogP contribution in [0.3, 0.4) is 0 Å². The second kappa shape index (κ2) is 7.47. The van der Waals surface area contributed by atoms with Crippen molar-refractivity contribution >= 4 is 11.9 Å². The van der Waals surface area contributed by atoms with Crippen LogP contribution in [0.2, 0.25) is 0 Å². The van der Waals surface area contributed by atoms with Crippen LogP contribution in [0, 0.1) is 16.2 Å². The van der Waals surface area contributed by atoms with Crippen molar-refractivity contribution in [1.82, 2.24) is 5.32 Å². The van der Waals surface area contributed by atoms with Gasteiger partial charge in [-0.25, -0.2) is 4.79 Å². The quantitative estimate of drug-likeness (QED) is 0.581. The maximum absolute atomic E-state index is 12.8. The minimum Gasteiger partial charge on any atom is -0.460 e. The zero-order valence-corrected chi connectivity index (χ0v) is 15.9. The van der Waals surface area contributed by atoms with Crippen LogP contribution in [0.1, 0.15) is 55.4 Å². The number of rotatable bonds is 6. The minimum absolute atomic E-state index is 0.0318. The summed E-state index contributed by atoms with van der Waals surface area (Å²) in [5.74, 6) is -0.674. The monoisotopic (exact) mass is 327 g/mol. The highest BCUT2D eigenvalue weighted by atomic mass is 16.5. The second-order valence-corrected chi connectivity index (χ2v) is 8.37. The number of esters is 1. The highest BCUT2D eigenvalue weighted by Crippen LogP contribution is 2.51. The van der Waals surface area contributed by atoms with E-state index in [2.05, 4.69) is 11.9 Å². The number of ether oxygens (including phenoxy) is 1. The Labute approximate surface area is 140 Å². The van der Waals surface area contributed by atoms with E-state index in [0.717, 1.165) is 0 Å². The third-order valence-corrected chi connectivity index (χ3v) is 4.71.